The molecule has 0 aliphatic carbocycles. The Morgan fingerprint density at radius 3 is 2.29 bits per heavy atom. The van der Waals surface area contributed by atoms with Crippen LogP contribution in [0.2, 0.25) is 5.02 Å². The van der Waals surface area contributed by atoms with E-state index in [1.807, 2.05) is 19.1 Å². The van der Waals surface area contributed by atoms with E-state index in [0.717, 1.165) is 12.0 Å². The largest absolute Gasteiger partial charge is 0.331 e. The Hall–Kier alpha value is -2.00. The molecule has 1 unspecified atom stereocenters. The fraction of sp³-hybridized carbons (Fsp3) is 0.235. The van der Waals surface area contributed by atoms with Crippen LogP contribution in [0.1, 0.15) is 31.0 Å². The lowest BCUT2D eigenvalue weighted by atomic mass is 10.1. The van der Waals surface area contributed by atoms with Crippen LogP contribution in [0.25, 0.3) is 0 Å². The third-order valence-corrected chi connectivity index (χ3v) is 3.59. The molecule has 21 heavy (non-hydrogen) atoms. The summed E-state index contributed by atoms with van der Waals surface area (Å²) in [6.45, 7) is 4.08. The number of hydrogen-bond acceptors (Lipinski definition) is 1. The first-order valence-corrected chi connectivity index (χ1v) is 7.38. The van der Waals surface area contributed by atoms with Gasteiger partial charge in [-0.2, -0.15) is 0 Å². The number of anilines is 1. The maximum Gasteiger partial charge on any atom is 0.319 e. The molecule has 1 atom stereocenters. The maximum absolute atomic E-state index is 11.9. The molecule has 2 aromatic carbocycles. The van der Waals surface area contributed by atoms with Crippen LogP contribution in [0.5, 0.6) is 0 Å². The van der Waals surface area contributed by atoms with Gasteiger partial charge >= 0.3 is 6.03 Å². The zero-order chi connectivity index (χ0) is 15.2. The van der Waals surface area contributed by atoms with Gasteiger partial charge in [0.15, 0.2) is 0 Å². The Bertz CT molecular complexity index is 593. The summed E-state index contributed by atoms with van der Waals surface area (Å²) >= 11 is 5.81. The number of carbonyl (C=O) groups is 1. The second-order valence-electron chi connectivity index (χ2n) is 4.92. The molecular formula is C17H19ClN2O. The van der Waals surface area contributed by atoms with Crippen molar-refractivity contribution in [1.29, 1.82) is 0 Å². The van der Waals surface area contributed by atoms with E-state index < -0.39 is 0 Å². The molecule has 0 heterocycles. The number of nitrogens with one attached hydrogen (secondary N) is 2. The van der Waals surface area contributed by atoms with E-state index in [1.54, 1.807) is 24.3 Å². The van der Waals surface area contributed by atoms with Crippen LogP contribution in [0.4, 0.5) is 10.5 Å². The molecule has 0 saturated heterocycles. The minimum Gasteiger partial charge on any atom is -0.331 e. The quantitative estimate of drug-likeness (QED) is 0.838. The number of aryl methyl sites for hydroxylation is 1. The molecule has 0 radical (unpaired) electrons. The number of rotatable bonds is 4. The van der Waals surface area contributed by atoms with E-state index in [0.29, 0.717) is 10.7 Å². The molecule has 0 aliphatic rings. The summed E-state index contributed by atoms with van der Waals surface area (Å²) in [6, 6.07) is 15.0. The minimum atomic E-state index is -0.232. The maximum atomic E-state index is 11.9. The van der Waals surface area contributed by atoms with E-state index in [4.69, 9.17) is 11.6 Å². The minimum absolute atomic E-state index is 0.0526. The molecule has 2 N–H and O–H groups in total. The van der Waals surface area contributed by atoms with E-state index >= 15 is 0 Å². The predicted molar refractivity (Wildman–Crippen MR) is 87.8 cm³/mol. The highest BCUT2D eigenvalue weighted by atomic mass is 35.5. The van der Waals surface area contributed by atoms with Gasteiger partial charge in [-0.1, -0.05) is 42.8 Å². The highest BCUT2D eigenvalue weighted by molar-refractivity contribution is 6.30. The Labute approximate surface area is 130 Å². The predicted octanol–water partition coefficient (Wildman–Crippen LogP) is 4.79. The Morgan fingerprint density at radius 2 is 1.71 bits per heavy atom. The first-order valence-electron chi connectivity index (χ1n) is 7.00. The van der Waals surface area contributed by atoms with E-state index in [9.17, 15) is 4.79 Å². The lowest BCUT2D eigenvalue weighted by Crippen LogP contribution is -2.31. The van der Waals surface area contributed by atoms with Crippen molar-refractivity contribution in [2.75, 3.05) is 5.32 Å². The number of benzene rings is 2. The molecule has 0 bridgehead atoms. The molecule has 0 aromatic heterocycles. The van der Waals surface area contributed by atoms with Crippen molar-refractivity contribution in [3.8, 4) is 0 Å². The van der Waals surface area contributed by atoms with Gasteiger partial charge in [0.2, 0.25) is 0 Å². The summed E-state index contributed by atoms with van der Waals surface area (Å²) in [4.78, 5) is 11.9. The van der Waals surface area contributed by atoms with Gasteiger partial charge in [0.25, 0.3) is 0 Å². The van der Waals surface area contributed by atoms with Gasteiger partial charge in [-0.3, -0.25) is 0 Å². The zero-order valence-corrected chi connectivity index (χ0v) is 12.9. The van der Waals surface area contributed by atoms with Gasteiger partial charge in [-0.25, -0.2) is 4.79 Å². The van der Waals surface area contributed by atoms with Crippen LogP contribution in [-0.2, 0) is 6.42 Å². The molecule has 0 aliphatic heterocycles. The summed E-state index contributed by atoms with van der Waals surface area (Å²) in [5, 5.41) is 6.34. The number of urea groups is 1. The Kier molecular flexibility index (Phi) is 5.23. The number of halogens is 1. The third-order valence-electron chi connectivity index (χ3n) is 3.34. The van der Waals surface area contributed by atoms with Gasteiger partial charge in [0.05, 0.1) is 6.04 Å². The van der Waals surface area contributed by atoms with Gasteiger partial charge in [-0.05, 0) is 48.7 Å². The normalized spacial score (nSPS) is 11.8. The monoisotopic (exact) mass is 302 g/mol. The molecule has 4 heteroatoms. The van der Waals surface area contributed by atoms with Gasteiger partial charge < -0.3 is 10.6 Å². The summed E-state index contributed by atoms with van der Waals surface area (Å²) in [5.41, 5.74) is 3.08. The van der Waals surface area contributed by atoms with Gasteiger partial charge in [-0.15, -0.1) is 0 Å². The van der Waals surface area contributed by atoms with Crippen molar-refractivity contribution in [3.63, 3.8) is 0 Å². The fourth-order valence-corrected chi connectivity index (χ4v) is 2.15. The van der Waals surface area contributed by atoms with Gasteiger partial charge in [0, 0.05) is 10.7 Å². The zero-order valence-electron chi connectivity index (χ0n) is 12.2. The van der Waals surface area contributed by atoms with E-state index in [1.165, 1.54) is 5.56 Å². The first-order chi connectivity index (χ1) is 10.1. The lowest BCUT2D eigenvalue weighted by molar-refractivity contribution is 0.249. The van der Waals surface area contributed by atoms with Crippen LogP contribution in [0.15, 0.2) is 48.5 Å². The second kappa shape index (κ2) is 7.14. The van der Waals surface area contributed by atoms with Crippen LogP contribution >= 0.6 is 11.6 Å². The second-order valence-corrected chi connectivity index (χ2v) is 5.36. The SMILES string of the molecule is CCc1ccc(C(C)NC(=O)Nc2ccc(Cl)cc2)cc1. The average Bonchev–Trinajstić information content (AvgIpc) is 2.49. The van der Waals surface area contributed by atoms with Crippen LogP contribution < -0.4 is 10.6 Å². The lowest BCUT2D eigenvalue weighted by Gasteiger charge is -2.15. The highest BCUT2D eigenvalue weighted by Gasteiger charge is 2.09. The van der Waals surface area contributed by atoms with Crippen LogP contribution in [0.3, 0.4) is 0 Å². The summed E-state index contributed by atoms with van der Waals surface area (Å²) in [5.74, 6) is 0. The molecule has 0 saturated carbocycles. The third kappa shape index (κ3) is 4.50. The Balaban J connectivity index is 1.93. The first kappa shape index (κ1) is 15.4. The fourth-order valence-electron chi connectivity index (χ4n) is 2.02. The topological polar surface area (TPSA) is 41.1 Å². The van der Waals surface area contributed by atoms with E-state index in [-0.39, 0.29) is 12.1 Å². The van der Waals surface area contributed by atoms with E-state index in [2.05, 4.69) is 29.7 Å². The molecule has 2 rings (SSSR count). The molecule has 3 nitrogen and oxygen atoms in total. The molecule has 2 aromatic rings. The molecule has 0 spiro atoms. The van der Waals surface area contributed by atoms with Crippen molar-refractivity contribution in [3.05, 3.63) is 64.7 Å². The Morgan fingerprint density at radius 1 is 1.10 bits per heavy atom. The number of hydrogen-bond donors (Lipinski definition) is 2. The van der Waals surface area contributed by atoms with Crippen molar-refractivity contribution < 1.29 is 4.79 Å². The van der Waals surface area contributed by atoms with Crippen molar-refractivity contribution in [1.82, 2.24) is 5.32 Å². The molecule has 110 valence electrons. The standard InChI is InChI=1S/C17H19ClN2O/c1-3-13-4-6-14(7-5-13)12(2)19-17(21)20-16-10-8-15(18)9-11-16/h4-12H,3H2,1-2H3,(H2,19,20,21). The van der Waals surface area contributed by atoms with Crippen LogP contribution in [-0.4, -0.2) is 6.03 Å². The number of carbonyl (C=O) groups excluding carboxylic acids is 1. The highest BCUT2D eigenvalue weighted by Crippen LogP contribution is 2.15. The number of amides is 2. The van der Waals surface area contributed by atoms with Crippen LogP contribution in [0, 0.1) is 0 Å². The molecular weight excluding hydrogens is 284 g/mol. The van der Waals surface area contributed by atoms with Crippen molar-refractivity contribution in [2.24, 2.45) is 0 Å². The summed E-state index contributed by atoms with van der Waals surface area (Å²) < 4.78 is 0. The average molecular weight is 303 g/mol. The van der Waals surface area contributed by atoms with Crippen molar-refractivity contribution in [2.45, 2.75) is 26.3 Å². The van der Waals surface area contributed by atoms with Crippen molar-refractivity contribution >= 4 is 23.3 Å². The summed E-state index contributed by atoms with van der Waals surface area (Å²) in [7, 11) is 0. The van der Waals surface area contributed by atoms with Gasteiger partial charge in [0.1, 0.15) is 0 Å². The molecule has 0 fully saturated rings. The molecule has 2 amide bonds. The summed E-state index contributed by atoms with van der Waals surface area (Å²) in [6.07, 6.45) is 1.01. The smallest absolute Gasteiger partial charge is 0.319 e.